The topological polar surface area (TPSA) is 49.8 Å². The third-order valence-corrected chi connectivity index (χ3v) is 2.49. The Bertz CT molecular complexity index is 351. The zero-order valence-corrected chi connectivity index (χ0v) is 6.75. The maximum absolute atomic E-state index is 8.90. The van der Waals surface area contributed by atoms with Crippen molar-refractivity contribution in [1.29, 1.82) is 5.26 Å². The summed E-state index contributed by atoms with van der Waals surface area (Å²) in [4.78, 5) is 0. The van der Waals surface area contributed by atoms with Gasteiger partial charge in [-0.2, -0.15) is 5.26 Å². The summed E-state index contributed by atoms with van der Waals surface area (Å²) in [6.45, 7) is 0. The molecule has 60 valence electrons. The summed E-state index contributed by atoms with van der Waals surface area (Å²) in [5.41, 5.74) is 7.41. The molecule has 0 fully saturated rings. The highest BCUT2D eigenvalue weighted by Crippen LogP contribution is 2.33. The van der Waals surface area contributed by atoms with Crippen molar-refractivity contribution in [2.75, 3.05) is 0 Å². The van der Waals surface area contributed by atoms with Crippen LogP contribution in [-0.4, -0.2) is 0 Å². The lowest BCUT2D eigenvalue weighted by Gasteiger charge is -2.14. The number of nitrogens with two attached hydrogens (primary N) is 1. The molecule has 1 aliphatic carbocycles. The molecule has 2 heteroatoms. The van der Waals surface area contributed by atoms with Crippen LogP contribution in [-0.2, 0) is 12.0 Å². The number of hydrogen-bond donors (Lipinski definition) is 1. The maximum Gasteiger partial charge on any atom is 0.130 e. The molecule has 0 aromatic heterocycles. The van der Waals surface area contributed by atoms with Crippen LogP contribution in [0.15, 0.2) is 24.3 Å². The molecular weight excluding hydrogens is 148 g/mol. The van der Waals surface area contributed by atoms with Crippen molar-refractivity contribution in [1.82, 2.24) is 0 Å². The lowest BCUT2D eigenvalue weighted by Crippen LogP contribution is -2.31. The molecule has 1 aromatic rings. The normalized spacial score (nSPS) is 26.3. The molecule has 0 heterocycles. The predicted octanol–water partition coefficient (Wildman–Crippen LogP) is 1.31. The van der Waals surface area contributed by atoms with Gasteiger partial charge < -0.3 is 5.73 Å². The van der Waals surface area contributed by atoms with Crippen molar-refractivity contribution in [2.24, 2.45) is 5.73 Å². The van der Waals surface area contributed by atoms with Gasteiger partial charge in [0.15, 0.2) is 0 Å². The largest absolute Gasteiger partial charge is 0.310 e. The fraction of sp³-hybridized carbons (Fsp3) is 0.300. The first kappa shape index (κ1) is 7.33. The third-order valence-electron chi connectivity index (χ3n) is 2.49. The second kappa shape index (κ2) is 2.33. The van der Waals surface area contributed by atoms with E-state index < -0.39 is 5.54 Å². The minimum Gasteiger partial charge on any atom is -0.310 e. The van der Waals surface area contributed by atoms with E-state index in [1.807, 2.05) is 24.3 Å². The van der Waals surface area contributed by atoms with Crippen molar-refractivity contribution in [3.8, 4) is 6.07 Å². The molecule has 0 spiro atoms. The van der Waals surface area contributed by atoms with Gasteiger partial charge in [-0.25, -0.2) is 0 Å². The average Bonchev–Trinajstić information content (AvgIpc) is 2.46. The molecule has 0 bridgehead atoms. The van der Waals surface area contributed by atoms with Crippen LogP contribution in [0.4, 0.5) is 0 Å². The third kappa shape index (κ3) is 0.838. The van der Waals surface area contributed by atoms with Crippen LogP contribution >= 0.6 is 0 Å². The Hall–Kier alpha value is -1.33. The van der Waals surface area contributed by atoms with E-state index in [0.29, 0.717) is 0 Å². The summed E-state index contributed by atoms with van der Waals surface area (Å²) in [7, 11) is 0. The van der Waals surface area contributed by atoms with E-state index in [1.165, 1.54) is 5.56 Å². The Balaban J connectivity index is 2.58. The number of nitriles is 1. The van der Waals surface area contributed by atoms with Crippen molar-refractivity contribution in [2.45, 2.75) is 18.4 Å². The van der Waals surface area contributed by atoms with Crippen LogP contribution in [0.1, 0.15) is 17.5 Å². The first-order valence-electron chi connectivity index (χ1n) is 4.05. The van der Waals surface area contributed by atoms with E-state index in [0.717, 1.165) is 18.4 Å². The van der Waals surface area contributed by atoms with Crippen LogP contribution in [0, 0.1) is 11.3 Å². The molecule has 1 atom stereocenters. The molecule has 2 nitrogen and oxygen atoms in total. The molecule has 0 aliphatic heterocycles. The fourth-order valence-corrected chi connectivity index (χ4v) is 1.76. The summed E-state index contributed by atoms with van der Waals surface area (Å²) in [6, 6.07) is 10.1. The molecule has 1 aromatic carbocycles. The highest BCUT2D eigenvalue weighted by molar-refractivity contribution is 5.42. The molecule has 0 saturated heterocycles. The Kier molecular flexibility index (Phi) is 1.42. The Morgan fingerprint density at radius 3 is 2.92 bits per heavy atom. The van der Waals surface area contributed by atoms with Crippen molar-refractivity contribution in [3.05, 3.63) is 35.4 Å². The zero-order valence-electron chi connectivity index (χ0n) is 6.75. The molecule has 0 saturated carbocycles. The Morgan fingerprint density at radius 1 is 1.42 bits per heavy atom. The number of hydrogen-bond acceptors (Lipinski definition) is 2. The number of fused-ring (bicyclic) bond motifs is 1. The van der Waals surface area contributed by atoms with Gasteiger partial charge in [-0.15, -0.1) is 0 Å². The SMILES string of the molecule is N#CC1(N)CCc2ccccc21. The van der Waals surface area contributed by atoms with Crippen molar-refractivity contribution >= 4 is 0 Å². The van der Waals surface area contributed by atoms with Crippen LogP contribution in [0.2, 0.25) is 0 Å². The number of aryl methyl sites for hydroxylation is 1. The maximum atomic E-state index is 8.90. The van der Waals surface area contributed by atoms with Gasteiger partial charge in [0.25, 0.3) is 0 Å². The Morgan fingerprint density at radius 2 is 2.17 bits per heavy atom. The van der Waals surface area contributed by atoms with Gasteiger partial charge in [0, 0.05) is 0 Å². The monoisotopic (exact) mass is 158 g/mol. The van der Waals surface area contributed by atoms with Crippen LogP contribution < -0.4 is 5.73 Å². The first-order valence-corrected chi connectivity index (χ1v) is 4.05. The highest BCUT2D eigenvalue weighted by atomic mass is 14.8. The van der Waals surface area contributed by atoms with Crippen molar-refractivity contribution in [3.63, 3.8) is 0 Å². The smallest absolute Gasteiger partial charge is 0.130 e. The minimum atomic E-state index is -0.726. The highest BCUT2D eigenvalue weighted by Gasteiger charge is 2.34. The quantitative estimate of drug-likeness (QED) is 0.618. The summed E-state index contributed by atoms with van der Waals surface area (Å²) in [5.74, 6) is 0. The van der Waals surface area contributed by atoms with E-state index in [2.05, 4.69) is 6.07 Å². The summed E-state index contributed by atoms with van der Waals surface area (Å²) < 4.78 is 0. The lowest BCUT2D eigenvalue weighted by atomic mass is 9.95. The zero-order chi connectivity index (χ0) is 8.60. The van der Waals surface area contributed by atoms with E-state index in [-0.39, 0.29) is 0 Å². The van der Waals surface area contributed by atoms with Gasteiger partial charge >= 0.3 is 0 Å². The second-order valence-electron chi connectivity index (χ2n) is 3.24. The number of benzene rings is 1. The van der Waals surface area contributed by atoms with Gasteiger partial charge in [-0.3, -0.25) is 0 Å². The van der Waals surface area contributed by atoms with Crippen LogP contribution in [0.25, 0.3) is 0 Å². The van der Waals surface area contributed by atoms with Crippen LogP contribution in [0.5, 0.6) is 0 Å². The summed E-state index contributed by atoms with van der Waals surface area (Å²) in [6.07, 6.45) is 1.68. The molecule has 1 aliphatic rings. The molecule has 12 heavy (non-hydrogen) atoms. The summed E-state index contributed by atoms with van der Waals surface area (Å²) in [5, 5.41) is 8.90. The van der Waals surface area contributed by atoms with Gasteiger partial charge in [0.2, 0.25) is 0 Å². The Labute approximate surface area is 71.6 Å². The fourth-order valence-electron chi connectivity index (χ4n) is 1.76. The molecule has 2 N–H and O–H groups in total. The molecule has 1 unspecified atom stereocenters. The molecule has 2 rings (SSSR count). The van der Waals surface area contributed by atoms with Gasteiger partial charge in [-0.05, 0) is 24.0 Å². The van der Waals surface area contributed by atoms with E-state index >= 15 is 0 Å². The van der Waals surface area contributed by atoms with E-state index in [9.17, 15) is 0 Å². The van der Waals surface area contributed by atoms with Gasteiger partial charge in [0.1, 0.15) is 5.54 Å². The van der Waals surface area contributed by atoms with E-state index in [4.69, 9.17) is 11.0 Å². The minimum absolute atomic E-state index is 0.726. The molecule has 0 radical (unpaired) electrons. The molecule has 0 amide bonds. The average molecular weight is 158 g/mol. The molecular formula is C10H10N2. The van der Waals surface area contributed by atoms with Crippen molar-refractivity contribution < 1.29 is 0 Å². The number of rotatable bonds is 0. The first-order chi connectivity index (χ1) is 5.76. The lowest BCUT2D eigenvalue weighted by molar-refractivity contribution is 0.571. The van der Waals surface area contributed by atoms with Gasteiger partial charge in [0.05, 0.1) is 6.07 Å². The van der Waals surface area contributed by atoms with Crippen LogP contribution in [0.3, 0.4) is 0 Å². The summed E-state index contributed by atoms with van der Waals surface area (Å²) >= 11 is 0. The number of nitrogens with zero attached hydrogens (tertiary/aromatic N) is 1. The second-order valence-corrected chi connectivity index (χ2v) is 3.24. The van der Waals surface area contributed by atoms with Gasteiger partial charge in [-0.1, -0.05) is 24.3 Å². The van der Waals surface area contributed by atoms with E-state index in [1.54, 1.807) is 0 Å². The predicted molar refractivity (Wildman–Crippen MR) is 46.2 cm³/mol. The standard InChI is InChI=1S/C10H10N2/c11-7-10(12)6-5-8-3-1-2-4-9(8)10/h1-4H,5-6,12H2.